The molecule has 0 aliphatic carbocycles. The Morgan fingerprint density at radius 3 is 2.79 bits per heavy atom. The molecule has 0 bridgehead atoms. The van der Waals surface area contributed by atoms with Crippen LogP contribution >= 0.6 is 11.3 Å². The van der Waals surface area contributed by atoms with Gasteiger partial charge in [0.25, 0.3) is 0 Å². The molecule has 4 aromatic rings. The van der Waals surface area contributed by atoms with Crippen LogP contribution in [0.1, 0.15) is 33.9 Å². The van der Waals surface area contributed by atoms with E-state index in [1.807, 2.05) is 62.0 Å². The van der Waals surface area contributed by atoms with Crippen molar-refractivity contribution in [1.82, 2.24) is 29.3 Å². The minimum atomic E-state index is -0.289. The molecule has 0 saturated heterocycles. The zero-order valence-corrected chi connectivity index (χ0v) is 17.3. The second-order valence-corrected chi connectivity index (χ2v) is 8.11. The summed E-state index contributed by atoms with van der Waals surface area (Å²) in [4.78, 5) is 9.30. The minimum absolute atomic E-state index is 0.289. The Morgan fingerprint density at radius 1 is 1.17 bits per heavy atom. The lowest BCUT2D eigenvalue weighted by Gasteiger charge is -2.31. The monoisotopic (exact) mass is 407 g/mol. The lowest BCUT2D eigenvalue weighted by atomic mass is 10.2. The number of nitrogens with zero attached hydrogens (tertiary/aromatic N) is 7. The van der Waals surface area contributed by atoms with Gasteiger partial charge < -0.3 is 9.30 Å². The third-order valence-electron chi connectivity index (χ3n) is 5.07. The Morgan fingerprint density at radius 2 is 2.07 bits per heavy atom. The predicted octanol–water partition coefficient (Wildman–Crippen LogP) is 2.85. The van der Waals surface area contributed by atoms with E-state index >= 15 is 0 Å². The van der Waals surface area contributed by atoms with Gasteiger partial charge in [0.2, 0.25) is 0 Å². The molecule has 5 rings (SSSR count). The zero-order chi connectivity index (χ0) is 20.0. The van der Waals surface area contributed by atoms with E-state index in [1.54, 1.807) is 23.1 Å². The number of methoxy groups -OCH3 is 1. The number of ether oxygens (including phenoxy) is 1. The quantitative estimate of drug-likeness (QED) is 0.509. The van der Waals surface area contributed by atoms with Crippen LogP contribution in [0.4, 0.5) is 0 Å². The molecule has 1 aliphatic heterocycles. The third kappa shape index (κ3) is 3.12. The summed E-state index contributed by atoms with van der Waals surface area (Å²) >= 11 is 1.70. The van der Waals surface area contributed by atoms with Crippen molar-refractivity contribution in [3.05, 3.63) is 64.3 Å². The van der Waals surface area contributed by atoms with Crippen LogP contribution in [0.3, 0.4) is 0 Å². The maximum atomic E-state index is 5.84. The first-order valence-electron chi connectivity index (χ1n) is 9.34. The standard InChI is InChI=1S/C20H21N7OS/c1-25-9-7-14(24-25)12-27-20(28-3)17-15(11-22-27)18-19(26(17)2)23-16(29-18)10-13-6-4-5-8-21-13/h4-9,11,20H,10,12H2,1-3H3. The molecule has 8 nitrogen and oxygen atoms in total. The summed E-state index contributed by atoms with van der Waals surface area (Å²) in [6.07, 6.45) is 6.10. The number of hydrogen-bond donors (Lipinski definition) is 0. The van der Waals surface area contributed by atoms with E-state index in [0.29, 0.717) is 6.54 Å². The number of thiazole rings is 1. The molecule has 148 valence electrons. The number of hydrogen-bond acceptors (Lipinski definition) is 7. The summed E-state index contributed by atoms with van der Waals surface area (Å²) in [6, 6.07) is 7.95. The molecule has 0 fully saturated rings. The summed E-state index contributed by atoms with van der Waals surface area (Å²) in [5, 5.41) is 12.1. The summed E-state index contributed by atoms with van der Waals surface area (Å²) in [7, 11) is 5.66. The molecule has 0 spiro atoms. The normalized spacial score (nSPS) is 16.0. The molecule has 1 unspecified atom stereocenters. The molecule has 0 aromatic carbocycles. The van der Waals surface area contributed by atoms with Gasteiger partial charge in [0, 0.05) is 51.3 Å². The number of hydrazone groups is 1. The highest BCUT2D eigenvalue weighted by Gasteiger charge is 2.32. The SMILES string of the molecule is COC1c2c(c3sc(Cc4ccccn4)nc3n2C)C=NN1Cc1ccn(C)n1. The highest BCUT2D eigenvalue weighted by molar-refractivity contribution is 7.19. The lowest BCUT2D eigenvalue weighted by molar-refractivity contribution is -0.0460. The van der Waals surface area contributed by atoms with Crippen LogP contribution in [0.2, 0.25) is 0 Å². The Labute approximate surface area is 172 Å². The van der Waals surface area contributed by atoms with Gasteiger partial charge in [-0.3, -0.25) is 14.7 Å². The van der Waals surface area contributed by atoms with E-state index in [2.05, 4.69) is 19.8 Å². The molecular formula is C20H21N7OS. The predicted molar refractivity (Wildman–Crippen MR) is 112 cm³/mol. The van der Waals surface area contributed by atoms with Crippen molar-refractivity contribution in [1.29, 1.82) is 0 Å². The van der Waals surface area contributed by atoms with E-state index in [0.717, 1.165) is 44.4 Å². The smallest absolute Gasteiger partial charge is 0.187 e. The van der Waals surface area contributed by atoms with E-state index in [-0.39, 0.29) is 6.23 Å². The van der Waals surface area contributed by atoms with Crippen LogP contribution in [0, 0.1) is 0 Å². The first-order valence-corrected chi connectivity index (χ1v) is 10.2. The molecule has 0 N–H and O–H groups in total. The van der Waals surface area contributed by atoms with Crippen LogP contribution in [-0.2, 0) is 31.8 Å². The van der Waals surface area contributed by atoms with Crippen molar-refractivity contribution in [3.8, 4) is 0 Å². The summed E-state index contributed by atoms with van der Waals surface area (Å²) < 4.78 is 10.9. The average molecular weight is 408 g/mol. The number of pyridine rings is 1. The number of fused-ring (bicyclic) bond motifs is 3. The maximum Gasteiger partial charge on any atom is 0.187 e. The minimum Gasteiger partial charge on any atom is -0.354 e. The summed E-state index contributed by atoms with van der Waals surface area (Å²) in [5.41, 5.74) is 5.07. The molecule has 0 saturated carbocycles. The Bertz CT molecular complexity index is 1190. The van der Waals surface area contributed by atoms with E-state index in [9.17, 15) is 0 Å². The van der Waals surface area contributed by atoms with Crippen molar-refractivity contribution in [2.45, 2.75) is 19.2 Å². The molecule has 1 atom stereocenters. The van der Waals surface area contributed by atoms with Gasteiger partial charge in [-0.25, -0.2) is 4.98 Å². The Kier molecular flexibility index (Phi) is 4.40. The number of rotatable bonds is 5. The van der Waals surface area contributed by atoms with Crippen molar-refractivity contribution in [2.24, 2.45) is 19.2 Å². The molecule has 5 heterocycles. The summed E-state index contributed by atoms with van der Waals surface area (Å²) in [6.45, 7) is 0.576. The highest BCUT2D eigenvalue weighted by atomic mass is 32.1. The average Bonchev–Trinajstić information content (AvgIpc) is 3.39. The van der Waals surface area contributed by atoms with Crippen LogP contribution in [-0.4, -0.2) is 42.6 Å². The largest absolute Gasteiger partial charge is 0.354 e. The zero-order valence-electron chi connectivity index (χ0n) is 16.5. The first-order chi connectivity index (χ1) is 14.1. The van der Waals surface area contributed by atoms with Gasteiger partial charge in [-0.15, -0.1) is 11.3 Å². The van der Waals surface area contributed by atoms with Gasteiger partial charge in [-0.1, -0.05) is 6.07 Å². The second-order valence-electron chi connectivity index (χ2n) is 7.03. The van der Waals surface area contributed by atoms with Crippen molar-refractivity contribution in [3.63, 3.8) is 0 Å². The number of aromatic nitrogens is 5. The van der Waals surface area contributed by atoms with Crippen LogP contribution < -0.4 is 0 Å². The highest BCUT2D eigenvalue weighted by Crippen LogP contribution is 2.38. The van der Waals surface area contributed by atoms with Gasteiger partial charge >= 0.3 is 0 Å². The van der Waals surface area contributed by atoms with Crippen LogP contribution in [0.5, 0.6) is 0 Å². The van der Waals surface area contributed by atoms with Crippen LogP contribution in [0.15, 0.2) is 41.8 Å². The fourth-order valence-corrected chi connectivity index (χ4v) is 4.86. The fraction of sp³-hybridized carbons (Fsp3) is 0.300. The molecule has 29 heavy (non-hydrogen) atoms. The number of aryl methyl sites for hydroxylation is 2. The van der Waals surface area contributed by atoms with Gasteiger partial charge in [-0.05, 0) is 18.2 Å². The molecule has 0 radical (unpaired) electrons. The van der Waals surface area contributed by atoms with Gasteiger partial charge in [0.15, 0.2) is 11.9 Å². The lowest BCUT2D eigenvalue weighted by Crippen LogP contribution is -2.30. The molecule has 9 heteroatoms. The van der Waals surface area contributed by atoms with E-state index in [4.69, 9.17) is 9.72 Å². The summed E-state index contributed by atoms with van der Waals surface area (Å²) in [5.74, 6) is 0. The van der Waals surface area contributed by atoms with Crippen molar-refractivity contribution >= 4 is 27.9 Å². The topological polar surface area (TPSA) is 73.4 Å². The van der Waals surface area contributed by atoms with Crippen molar-refractivity contribution in [2.75, 3.05) is 7.11 Å². The van der Waals surface area contributed by atoms with Crippen LogP contribution in [0.25, 0.3) is 10.3 Å². The molecule has 4 aromatic heterocycles. The Balaban J connectivity index is 1.49. The van der Waals surface area contributed by atoms with E-state index in [1.165, 1.54) is 0 Å². The van der Waals surface area contributed by atoms with E-state index < -0.39 is 0 Å². The van der Waals surface area contributed by atoms with Gasteiger partial charge in [-0.2, -0.15) is 10.2 Å². The molecule has 0 amide bonds. The fourth-order valence-electron chi connectivity index (χ4n) is 3.73. The molecular weight excluding hydrogens is 386 g/mol. The second kappa shape index (κ2) is 7.09. The van der Waals surface area contributed by atoms with Crippen molar-refractivity contribution < 1.29 is 4.74 Å². The third-order valence-corrected chi connectivity index (χ3v) is 6.15. The van der Waals surface area contributed by atoms with Gasteiger partial charge in [0.1, 0.15) is 5.01 Å². The maximum absolute atomic E-state index is 5.84. The Hall–Kier alpha value is -3.04. The van der Waals surface area contributed by atoms with Gasteiger partial charge in [0.05, 0.1) is 28.8 Å². The first kappa shape index (κ1) is 18.0. The molecule has 1 aliphatic rings.